The van der Waals surface area contributed by atoms with Gasteiger partial charge in [0.1, 0.15) is 11.4 Å². The van der Waals surface area contributed by atoms with Gasteiger partial charge in [-0.15, -0.1) is 0 Å². The van der Waals surface area contributed by atoms with E-state index in [9.17, 15) is 9.59 Å². The van der Waals surface area contributed by atoms with E-state index in [1.807, 2.05) is 75.4 Å². The van der Waals surface area contributed by atoms with Crippen LogP contribution in [0, 0.1) is 13.8 Å². The monoisotopic (exact) mass is 767 g/mol. The van der Waals surface area contributed by atoms with Gasteiger partial charge in [0.25, 0.3) is 11.8 Å². The Balaban J connectivity index is 0.000000177. The van der Waals surface area contributed by atoms with Crippen LogP contribution < -0.4 is 16.4 Å². The molecule has 9 nitrogen and oxygen atoms in total. The van der Waals surface area contributed by atoms with Crippen LogP contribution in [0.3, 0.4) is 0 Å². The second-order valence-corrected chi connectivity index (χ2v) is 14.9. The molecule has 0 saturated carbocycles. The van der Waals surface area contributed by atoms with E-state index in [-0.39, 0.29) is 23.9 Å². The van der Waals surface area contributed by atoms with E-state index in [0.717, 1.165) is 69.9 Å². The number of hydrogen-bond acceptors (Lipinski definition) is 7. The Hall–Kier alpha value is -6.58. The van der Waals surface area contributed by atoms with Crippen molar-refractivity contribution in [1.29, 1.82) is 0 Å². The largest absolute Gasteiger partial charge is 0.344 e. The number of carbonyl (C=O) groups excluding carboxylic acids is 2. The molecule has 8 rings (SSSR count). The summed E-state index contributed by atoms with van der Waals surface area (Å²) in [5, 5.41) is 6.14. The third-order valence-electron chi connectivity index (χ3n) is 10.8. The highest BCUT2D eigenvalue weighted by atomic mass is 16.2. The number of benzene rings is 4. The van der Waals surface area contributed by atoms with Gasteiger partial charge in [-0.3, -0.25) is 29.5 Å². The molecular formula is C49H49N7O2. The highest BCUT2D eigenvalue weighted by Crippen LogP contribution is 2.29. The van der Waals surface area contributed by atoms with E-state index < -0.39 is 0 Å². The summed E-state index contributed by atoms with van der Waals surface area (Å²) in [5.74, 6) is -0.387. The number of nitrogens with zero attached hydrogens (tertiary/aromatic N) is 4. The Morgan fingerprint density at radius 2 is 1.03 bits per heavy atom. The van der Waals surface area contributed by atoms with Crippen LogP contribution in [-0.4, -0.2) is 39.8 Å². The van der Waals surface area contributed by atoms with E-state index in [0.29, 0.717) is 17.9 Å². The van der Waals surface area contributed by atoms with Gasteiger partial charge in [0, 0.05) is 41.5 Å². The van der Waals surface area contributed by atoms with Crippen molar-refractivity contribution in [3.8, 4) is 22.3 Å². The standard InChI is InChI=1S/C25H25N3O.C24H24N4O/c1-4-23(20-7-5-6-16(2)12-20)28-25(29)24-14-19(10-11-26-24)18-8-9-21-15-27-17(3)22(21)13-18;1-15-4-3-5-19(10-15)23(13-25)28-24(29)22-12-18(8-9-26-22)17-6-7-20-14-27-16(2)21(20)11-17/h5-14,23H,4,15H2,1-3H3,(H,28,29);3-12,23H,13-14,25H2,1-2H3,(H,28,29). The van der Waals surface area contributed by atoms with Crippen LogP contribution in [0.2, 0.25) is 0 Å². The van der Waals surface area contributed by atoms with Crippen molar-refractivity contribution in [3.63, 3.8) is 0 Å². The number of nitrogens with one attached hydrogen (secondary N) is 2. The van der Waals surface area contributed by atoms with Crippen molar-refractivity contribution >= 4 is 23.2 Å². The molecule has 2 aliphatic rings. The molecule has 0 fully saturated rings. The number of nitrogens with two attached hydrogens (primary N) is 1. The lowest BCUT2D eigenvalue weighted by molar-refractivity contribution is 0.0923. The second kappa shape index (κ2) is 17.7. The molecule has 2 amide bonds. The minimum atomic E-state index is -0.258. The molecule has 292 valence electrons. The van der Waals surface area contributed by atoms with Gasteiger partial charge in [-0.1, -0.05) is 90.8 Å². The zero-order valence-electron chi connectivity index (χ0n) is 33.7. The molecule has 2 aliphatic heterocycles. The highest BCUT2D eigenvalue weighted by Gasteiger charge is 2.19. The first-order valence-electron chi connectivity index (χ1n) is 19.8. The Morgan fingerprint density at radius 1 is 0.586 bits per heavy atom. The molecule has 2 unspecified atom stereocenters. The first-order valence-corrected chi connectivity index (χ1v) is 19.8. The van der Waals surface area contributed by atoms with E-state index in [2.05, 4.69) is 99.0 Å². The topological polar surface area (TPSA) is 135 Å². The van der Waals surface area contributed by atoms with Crippen molar-refractivity contribution in [2.45, 2.75) is 66.2 Å². The molecule has 0 radical (unpaired) electrons. The molecule has 58 heavy (non-hydrogen) atoms. The first kappa shape index (κ1) is 39.6. The molecular weight excluding hydrogens is 719 g/mol. The molecule has 6 aromatic rings. The lowest BCUT2D eigenvalue weighted by Crippen LogP contribution is -2.33. The fourth-order valence-corrected chi connectivity index (χ4v) is 7.45. The quantitative estimate of drug-likeness (QED) is 0.128. The van der Waals surface area contributed by atoms with Crippen LogP contribution in [0.1, 0.15) is 105 Å². The normalized spacial score (nSPS) is 13.6. The molecule has 0 saturated heterocycles. The Morgan fingerprint density at radius 3 is 1.48 bits per heavy atom. The van der Waals surface area contributed by atoms with Gasteiger partial charge in [0.2, 0.25) is 0 Å². The fraction of sp³-hybridized carbons (Fsp3) is 0.224. The molecule has 9 heteroatoms. The molecule has 0 aliphatic carbocycles. The first-order chi connectivity index (χ1) is 28.1. The Kier molecular flexibility index (Phi) is 12.1. The maximum absolute atomic E-state index is 12.9. The summed E-state index contributed by atoms with van der Waals surface area (Å²) in [6.45, 7) is 12.0. The molecule has 4 N–H and O–H groups in total. The molecule has 0 spiro atoms. The van der Waals surface area contributed by atoms with Crippen molar-refractivity contribution in [3.05, 3.63) is 177 Å². The van der Waals surface area contributed by atoms with Crippen LogP contribution in [0.15, 0.2) is 132 Å². The Labute approximate surface area is 340 Å². The molecule has 2 aromatic heterocycles. The van der Waals surface area contributed by atoms with E-state index in [1.54, 1.807) is 12.4 Å². The predicted molar refractivity (Wildman–Crippen MR) is 233 cm³/mol. The van der Waals surface area contributed by atoms with Gasteiger partial charge in [0.05, 0.1) is 25.2 Å². The van der Waals surface area contributed by atoms with Crippen LogP contribution in [-0.2, 0) is 13.1 Å². The maximum atomic E-state index is 12.9. The van der Waals surface area contributed by atoms with Gasteiger partial charge in [-0.05, 0) is 115 Å². The summed E-state index contributed by atoms with van der Waals surface area (Å²) in [7, 11) is 0. The minimum Gasteiger partial charge on any atom is -0.344 e. The maximum Gasteiger partial charge on any atom is 0.270 e. The summed E-state index contributed by atoms with van der Waals surface area (Å²) in [6.07, 6.45) is 4.19. The van der Waals surface area contributed by atoms with Crippen molar-refractivity contribution in [2.24, 2.45) is 15.7 Å². The molecule has 2 atom stereocenters. The lowest BCUT2D eigenvalue weighted by atomic mass is 9.98. The number of rotatable bonds is 10. The summed E-state index contributed by atoms with van der Waals surface area (Å²) in [6, 6.07) is 36.2. The van der Waals surface area contributed by atoms with Crippen LogP contribution in [0.25, 0.3) is 22.3 Å². The number of pyridine rings is 2. The minimum absolute atomic E-state index is 0.0355. The van der Waals surface area contributed by atoms with Gasteiger partial charge in [-0.2, -0.15) is 0 Å². The van der Waals surface area contributed by atoms with Crippen LogP contribution >= 0.6 is 0 Å². The smallest absolute Gasteiger partial charge is 0.270 e. The summed E-state index contributed by atoms with van der Waals surface area (Å²) in [5.41, 5.74) is 22.2. The molecule has 4 heterocycles. The lowest BCUT2D eigenvalue weighted by Gasteiger charge is -2.18. The average molecular weight is 768 g/mol. The number of fused-ring (bicyclic) bond motifs is 2. The van der Waals surface area contributed by atoms with Crippen molar-refractivity contribution < 1.29 is 9.59 Å². The number of aliphatic imine (C=N–C) groups is 2. The molecule has 0 bridgehead atoms. The predicted octanol–water partition coefficient (Wildman–Crippen LogP) is 9.07. The number of hydrogen-bond donors (Lipinski definition) is 3. The number of amides is 2. The van der Waals surface area contributed by atoms with Crippen molar-refractivity contribution in [2.75, 3.05) is 6.54 Å². The third kappa shape index (κ3) is 9.01. The summed E-state index contributed by atoms with van der Waals surface area (Å²) in [4.78, 5) is 43.3. The van der Waals surface area contributed by atoms with Crippen molar-refractivity contribution in [1.82, 2.24) is 20.6 Å². The summed E-state index contributed by atoms with van der Waals surface area (Å²) < 4.78 is 0. The average Bonchev–Trinajstić information content (AvgIpc) is 3.82. The number of carbonyl (C=O) groups is 2. The highest BCUT2D eigenvalue weighted by molar-refractivity contribution is 6.04. The van der Waals surface area contributed by atoms with Crippen LogP contribution in [0.4, 0.5) is 0 Å². The van der Waals surface area contributed by atoms with Crippen LogP contribution in [0.5, 0.6) is 0 Å². The third-order valence-corrected chi connectivity index (χ3v) is 10.8. The fourth-order valence-electron chi connectivity index (χ4n) is 7.45. The zero-order chi connectivity index (χ0) is 40.8. The van der Waals surface area contributed by atoms with Gasteiger partial charge in [0.15, 0.2) is 0 Å². The molecule has 4 aromatic carbocycles. The van der Waals surface area contributed by atoms with Gasteiger partial charge in [-0.25, -0.2) is 0 Å². The SMILES string of the molecule is CC1=NCc2ccc(-c3ccnc(C(=O)NC(CN)c4cccc(C)c4)c3)cc21.CCC(NC(=O)c1cc(-c2ccc3c(c2)C(C)=NC3)ccn1)c1cccc(C)c1. The second-order valence-electron chi connectivity index (χ2n) is 14.9. The Bertz CT molecular complexity index is 2380. The van der Waals surface area contributed by atoms with E-state index in [4.69, 9.17) is 5.73 Å². The van der Waals surface area contributed by atoms with Gasteiger partial charge >= 0.3 is 0 Å². The van der Waals surface area contributed by atoms with E-state index >= 15 is 0 Å². The zero-order valence-corrected chi connectivity index (χ0v) is 33.7. The summed E-state index contributed by atoms with van der Waals surface area (Å²) >= 11 is 0. The van der Waals surface area contributed by atoms with Gasteiger partial charge < -0.3 is 16.4 Å². The number of aromatic nitrogens is 2. The number of aryl methyl sites for hydroxylation is 2. The van der Waals surface area contributed by atoms with E-state index in [1.165, 1.54) is 27.8 Å².